The standard InChI is InChI=1S/C9H7Cl2F2NO2/c1-16-6(15)2-5-8(11)7(10)4(3-14-5)9(12)13/h3,9H,2H2,1H3. The Bertz CT molecular complexity index is 413. The zero-order chi connectivity index (χ0) is 12.3. The molecular formula is C9H7Cl2F2NO2. The molecule has 0 aliphatic rings. The molecule has 88 valence electrons. The van der Waals surface area contributed by atoms with Crippen LogP contribution >= 0.6 is 23.2 Å². The molecule has 0 saturated heterocycles. The molecule has 1 aromatic heterocycles. The Balaban J connectivity index is 3.07. The third kappa shape index (κ3) is 2.80. The number of hydrogen-bond acceptors (Lipinski definition) is 3. The van der Waals surface area contributed by atoms with Gasteiger partial charge in [-0.1, -0.05) is 23.2 Å². The summed E-state index contributed by atoms with van der Waals surface area (Å²) >= 11 is 11.3. The highest BCUT2D eigenvalue weighted by atomic mass is 35.5. The Morgan fingerprint density at radius 3 is 2.62 bits per heavy atom. The Morgan fingerprint density at radius 2 is 2.12 bits per heavy atom. The molecule has 0 aromatic carbocycles. The van der Waals surface area contributed by atoms with Gasteiger partial charge < -0.3 is 4.74 Å². The van der Waals surface area contributed by atoms with Crippen molar-refractivity contribution in [2.45, 2.75) is 12.8 Å². The highest BCUT2D eigenvalue weighted by Gasteiger charge is 2.19. The van der Waals surface area contributed by atoms with E-state index in [1.54, 1.807) is 0 Å². The number of esters is 1. The number of aromatic nitrogens is 1. The first-order chi connectivity index (χ1) is 7.47. The molecule has 0 fully saturated rings. The maximum absolute atomic E-state index is 12.4. The monoisotopic (exact) mass is 269 g/mol. The summed E-state index contributed by atoms with van der Waals surface area (Å²) in [5.74, 6) is -0.574. The molecule has 0 saturated carbocycles. The molecule has 0 amide bonds. The molecule has 0 aliphatic heterocycles. The molecule has 7 heteroatoms. The van der Waals surface area contributed by atoms with E-state index in [4.69, 9.17) is 23.2 Å². The van der Waals surface area contributed by atoms with Crippen molar-refractivity contribution in [3.8, 4) is 0 Å². The number of nitrogens with zero attached hydrogens (tertiary/aromatic N) is 1. The van der Waals surface area contributed by atoms with Crippen LogP contribution in [-0.4, -0.2) is 18.1 Å². The molecule has 0 radical (unpaired) electrons. The van der Waals surface area contributed by atoms with Crippen molar-refractivity contribution >= 4 is 29.2 Å². The van der Waals surface area contributed by atoms with Crippen LogP contribution in [0.15, 0.2) is 6.20 Å². The van der Waals surface area contributed by atoms with Crippen molar-refractivity contribution in [2.75, 3.05) is 7.11 Å². The number of methoxy groups -OCH3 is 1. The highest BCUT2D eigenvalue weighted by molar-refractivity contribution is 6.42. The second-order valence-electron chi connectivity index (χ2n) is 2.84. The number of ether oxygens (including phenoxy) is 1. The summed E-state index contributed by atoms with van der Waals surface area (Å²) in [6.07, 6.45) is -2.07. The van der Waals surface area contributed by atoms with Crippen molar-refractivity contribution < 1.29 is 18.3 Å². The van der Waals surface area contributed by atoms with Crippen molar-refractivity contribution in [1.29, 1.82) is 0 Å². The summed E-state index contributed by atoms with van der Waals surface area (Å²) < 4.78 is 29.2. The summed E-state index contributed by atoms with van der Waals surface area (Å²) in [6.45, 7) is 0. The average Bonchev–Trinajstić information content (AvgIpc) is 2.24. The van der Waals surface area contributed by atoms with Crippen molar-refractivity contribution in [3.05, 3.63) is 27.5 Å². The van der Waals surface area contributed by atoms with Gasteiger partial charge in [0.25, 0.3) is 6.43 Å². The molecule has 1 rings (SSSR count). The lowest BCUT2D eigenvalue weighted by molar-refractivity contribution is -0.139. The van der Waals surface area contributed by atoms with Crippen LogP contribution < -0.4 is 0 Å². The number of halogens is 4. The number of carbonyl (C=O) groups is 1. The lowest BCUT2D eigenvalue weighted by Crippen LogP contribution is -2.07. The van der Waals surface area contributed by atoms with Crippen LogP contribution in [0.1, 0.15) is 17.7 Å². The Labute approximate surface area is 100 Å². The highest BCUT2D eigenvalue weighted by Crippen LogP contribution is 2.33. The predicted molar refractivity (Wildman–Crippen MR) is 54.9 cm³/mol. The molecule has 3 nitrogen and oxygen atoms in total. The van der Waals surface area contributed by atoms with Crippen LogP contribution in [0.25, 0.3) is 0 Å². The van der Waals surface area contributed by atoms with E-state index in [1.165, 1.54) is 7.11 Å². The minimum atomic E-state index is -2.76. The third-order valence-electron chi connectivity index (χ3n) is 1.83. The summed E-state index contributed by atoms with van der Waals surface area (Å²) in [4.78, 5) is 14.6. The average molecular weight is 270 g/mol. The molecule has 1 heterocycles. The van der Waals surface area contributed by atoms with Crippen molar-refractivity contribution in [3.63, 3.8) is 0 Å². The SMILES string of the molecule is COC(=O)Cc1ncc(C(F)F)c(Cl)c1Cl. The first kappa shape index (κ1) is 13.1. The Kier molecular flexibility index (Phi) is 4.44. The van der Waals surface area contributed by atoms with E-state index >= 15 is 0 Å². The van der Waals surface area contributed by atoms with Gasteiger partial charge in [0.1, 0.15) is 0 Å². The maximum atomic E-state index is 12.4. The van der Waals surface area contributed by atoms with E-state index in [0.717, 1.165) is 6.20 Å². The molecule has 0 spiro atoms. The van der Waals surface area contributed by atoms with Crippen molar-refractivity contribution in [1.82, 2.24) is 4.98 Å². The van der Waals surface area contributed by atoms with E-state index in [2.05, 4.69) is 9.72 Å². The quantitative estimate of drug-likeness (QED) is 0.792. The molecule has 0 aliphatic carbocycles. The Hall–Kier alpha value is -0.940. The number of carbonyl (C=O) groups excluding carboxylic acids is 1. The lowest BCUT2D eigenvalue weighted by Gasteiger charge is -2.08. The predicted octanol–water partition coefficient (Wildman–Crippen LogP) is 3.04. The molecule has 0 bridgehead atoms. The van der Waals surface area contributed by atoms with Crippen LogP contribution in [0.5, 0.6) is 0 Å². The fourth-order valence-electron chi connectivity index (χ4n) is 0.998. The van der Waals surface area contributed by atoms with Gasteiger partial charge in [0, 0.05) is 6.20 Å². The number of rotatable bonds is 3. The topological polar surface area (TPSA) is 39.2 Å². The fraction of sp³-hybridized carbons (Fsp3) is 0.333. The fourth-order valence-corrected chi connectivity index (χ4v) is 1.46. The summed E-state index contributed by atoms with van der Waals surface area (Å²) in [6, 6.07) is 0. The molecule has 16 heavy (non-hydrogen) atoms. The van der Waals surface area contributed by atoms with E-state index < -0.39 is 18.0 Å². The minimum Gasteiger partial charge on any atom is -0.469 e. The second-order valence-corrected chi connectivity index (χ2v) is 3.60. The minimum absolute atomic E-state index is 0.114. The first-order valence-electron chi connectivity index (χ1n) is 4.15. The summed E-state index contributed by atoms with van der Waals surface area (Å²) in [5.41, 5.74) is -0.344. The van der Waals surface area contributed by atoms with Gasteiger partial charge in [-0.2, -0.15) is 0 Å². The molecule has 1 aromatic rings. The molecule has 0 atom stereocenters. The van der Waals surface area contributed by atoms with Crippen LogP contribution in [0.4, 0.5) is 8.78 Å². The normalized spacial score (nSPS) is 10.6. The van der Waals surface area contributed by atoms with Crippen molar-refractivity contribution in [2.24, 2.45) is 0 Å². The van der Waals surface area contributed by atoms with E-state index in [9.17, 15) is 13.6 Å². The number of hydrogen-bond donors (Lipinski definition) is 0. The van der Waals surface area contributed by atoms with Gasteiger partial charge in [0.2, 0.25) is 0 Å². The Morgan fingerprint density at radius 1 is 1.50 bits per heavy atom. The zero-order valence-electron chi connectivity index (χ0n) is 8.14. The lowest BCUT2D eigenvalue weighted by atomic mass is 10.2. The van der Waals surface area contributed by atoms with Crippen LogP contribution in [0.3, 0.4) is 0 Å². The van der Waals surface area contributed by atoms with Gasteiger partial charge in [-0.25, -0.2) is 8.78 Å². The van der Waals surface area contributed by atoms with E-state index in [1.807, 2.05) is 0 Å². The smallest absolute Gasteiger partial charge is 0.311 e. The number of pyridine rings is 1. The van der Waals surface area contributed by atoms with Crippen LogP contribution in [0.2, 0.25) is 10.0 Å². The third-order valence-corrected chi connectivity index (χ3v) is 2.74. The van der Waals surface area contributed by atoms with E-state index in [0.29, 0.717) is 0 Å². The molecule has 0 unspecified atom stereocenters. The van der Waals surface area contributed by atoms with Gasteiger partial charge in [-0.15, -0.1) is 0 Å². The second kappa shape index (κ2) is 5.41. The van der Waals surface area contributed by atoms with Crippen LogP contribution in [-0.2, 0) is 16.0 Å². The molecule has 0 N–H and O–H groups in total. The summed E-state index contributed by atoms with van der Waals surface area (Å²) in [7, 11) is 1.20. The number of alkyl halides is 2. The molecular weight excluding hydrogens is 263 g/mol. The first-order valence-corrected chi connectivity index (χ1v) is 4.90. The van der Waals surface area contributed by atoms with Crippen LogP contribution in [0, 0.1) is 0 Å². The van der Waals surface area contributed by atoms with Gasteiger partial charge in [0.05, 0.1) is 34.8 Å². The van der Waals surface area contributed by atoms with Gasteiger partial charge in [-0.3, -0.25) is 9.78 Å². The van der Waals surface area contributed by atoms with Gasteiger partial charge in [0.15, 0.2) is 0 Å². The largest absolute Gasteiger partial charge is 0.469 e. The zero-order valence-corrected chi connectivity index (χ0v) is 9.65. The van der Waals surface area contributed by atoms with E-state index in [-0.39, 0.29) is 22.2 Å². The maximum Gasteiger partial charge on any atom is 0.311 e. The summed E-state index contributed by atoms with van der Waals surface area (Å²) in [5, 5.41) is -0.435. The van der Waals surface area contributed by atoms with Gasteiger partial charge >= 0.3 is 5.97 Å². The van der Waals surface area contributed by atoms with Gasteiger partial charge in [-0.05, 0) is 0 Å².